The number of hydrogen-bond donors (Lipinski definition) is 2. The molecular formula is C36H56FN5O5. The molecule has 6 aliphatic rings. The third-order valence-corrected chi connectivity index (χ3v) is 11.2. The van der Waals surface area contributed by atoms with Crippen molar-refractivity contribution in [2.75, 3.05) is 26.2 Å². The fourth-order valence-electron chi connectivity index (χ4n) is 9.27. The van der Waals surface area contributed by atoms with Crippen molar-refractivity contribution in [3.63, 3.8) is 0 Å². The number of alkyl halides is 1. The van der Waals surface area contributed by atoms with Crippen LogP contribution in [0.25, 0.3) is 0 Å². The highest BCUT2D eigenvalue weighted by atomic mass is 19.1. The Morgan fingerprint density at radius 3 is 2.60 bits per heavy atom. The molecule has 0 spiro atoms. The molecule has 47 heavy (non-hydrogen) atoms. The number of hydrogen-bond acceptors (Lipinski definition) is 8. The number of nitrogens with zero attached hydrogens (tertiary/aromatic N) is 3. The van der Waals surface area contributed by atoms with E-state index >= 15 is 4.39 Å². The van der Waals surface area contributed by atoms with Crippen LogP contribution >= 0.6 is 0 Å². The van der Waals surface area contributed by atoms with E-state index in [1.165, 1.54) is 25.7 Å². The van der Waals surface area contributed by atoms with E-state index in [9.17, 15) is 14.4 Å². The number of carbonyl (C=O) groups is 3. The Labute approximate surface area is 279 Å². The number of halogens is 1. The minimum absolute atomic E-state index is 0.0587. The molecule has 2 amide bonds. The maximum atomic E-state index is 16.5. The second-order valence-electron chi connectivity index (χ2n) is 16.2. The summed E-state index contributed by atoms with van der Waals surface area (Å²) in [6, 6.07) is -0.937. The Balaban J connectivity index is 1.22. The predicted molar refractivity (Wildman–Crippen MR) is 178 cm³/mol. The van der Waals surface area contributed by atoms with Gasteiger partial charge in [-0.05, 0) is 70.6 Å². The van der Waals surface area contributed by atoms with Crippen LogP contribution in [0.2, 0.25) is 0 Å². The van der Waals surface area contributed by atoms with E-state index in [0.29, 0.717) is 56.8 Å². The summed E-state index contributed by atoms with van der Waals surface area (Å²) >= 11 is 0. The Bertz CT molecular complexity index is 1230. The van der Waals surface area contributed by atoms with Gasteiger partial charge < -0.3 is 25.0 Å². The number of alkyl carbamates (subject to hydrolysis) is 1. The molecular weight excluding hydrogens is 601 g/mol. The van der Waals surface area contributed by atoms with Crippen molar-refractivity contribution in [1.82, 2.24) is 20.4 Å². The molecule has 0 aromatic heterocycles. The molecule has 0 aromatic carbocycles. The lowest BCUT2D eigenvalue weighted by Crippen LogP contribution is -2.73. The zero-order valence-corrected chi connectivity index (χ0v) is 29.0. The number of likely N-dealkylation sites (tertiary alicyclic amines) is 1. The summed E-state index contributed by atoms with van der Waals surface area (Å²) in [5, 5.41) is 5.92. The van der Waals surface area contributed by atoms with Crippen molar-refractivity contribution in [2.24, 2.45) is 28.7 Å². The molecule has 2 saturated heterocycles. The maximum absolute atomic E-state index is 16.5. The Morgan fingerprint density at radius 2 is 1.87 bits per heavy atom. The van der Waals surface area contributed by atoms with Crippen LogP contribution in [0.3, 0.4) is 0 Å². The lowest BCUT2D eigenvalue weighted by molar-refractivity contribution is -0.219. The normalized spacial score (nSPS) is 37.2. The van der Waals surface area contributed by atoms with Gasteiger partial charge >= 0.3 is 6.09 Å². The topological polar surface area (TPSA) is 113 Å². The van der Waals surface area contributed by atoms with Crippen molar-refractivity contribution >= 4 is 24.0 Å². The summed E-state index contributed by atoms with van der Waals surface area (Å²) in [7, 11) is 0. The quantitative estimate of drug-likeness (QED) is 0.226. The van der Waals surface area contributed by atoms with Crippen molar-refractivity contribution in [2.45, 2.75) is 141 Å². The third kappa shape index (κ3) is 7.56. The molecule has 3 saturated carbocycles. The smallest absolute Gasteiger partial charge is 0.407 e. The molecule has 6 rings (SSSR count). The average molecular weight is 658 g/mol. The molecule has 5 fully saturated rings. The number of aliphatic imine (C=N–C) groups is 1. The van der Waals surface area contributed by atoms with Gasteiger partial charge in [-0.15, -0.1) is 0 Å². The molecule has 10 nitrogen and oxygen atoms in total. The van der Waals surface area contributed by atoms with Crippen molar-refractivity contribution in [1.29, 1.82) is 0 Å². The predicted octanol–water partition coefficient (Wildman–Crippen LogP) is 4.42. The van der Waals surface area contributed by atoms with Gasteiger partial charge in [0.05, 0.1) is 35.9 Å². The van der Waals surface area contributed by atoms with Crippen molar-refractivity contribution in [3.8, 4) is 0 Å². The number of Topliss-reactive ketones (excluding diaryl/α,β-unsaturated/α-hetero) is 1. The minimum atomic E-state index is -1.30. The molecule has 2 N–H and O–H groups in total. The Kier molecular flexibility index (Phi) is 10.3. The molecule has 3 heterocycles. The third-order valence-electron chi connectivity index (χ3n) is 11.2. The van der Waals surface area contributed by atoms with Crippen molar-refractivity contribution < 1.29 is 28.2 Å². The van der Waals surface area contributed by atoms with E-state index in [0.717, 1.165) is 12.8 Å². The first-order chi connectivity index (χ1) is 22.4. The van der Waals surface area contributed by atoms with Crippen LogP contribution in [-0.4, -0.2) is 108 Å². The van der Waals surface area contributed by atoms with Gasteiger partial charge in [0.15, 0.2) is 5.78 Å². The number of fused-ring (bicyclic) bond motifs is 3. The number of ketones is 1. The van der Waals surface area contributed by atoms with Gasteiger partial charge in [-0.1, -0.05) is 39.5 Å². The van der Waals surface area contributed by atoms with Crippen LogP contribution in [0, 0.1) is 23.7 Å². The number of amides is 2. The van der Waals surface area contributed by atoms with E-state index in [4.69, 9.17) is 9.47 Å². The van der Waals surface area contributed by atoms with E-state index in [1.54, 1.807) is 0 Å². The molecule has 262 valence electrons. The van der Waals surface area contributed by atoms with Gasteiger partial charge in [-0.2, -0.15) is 0 Å². The zero-order valence-electron chi connectivity index (χ0n) is 29.0. The second-order valence-corrected chi connectivity index (χ2v) is 16.2. The standard InChI is InChI=1S/C36H56FN5O5/c1-21(2)18-38-12-8-13-39-34(44)26-20-42-28-15-22-9-6-7-10-23(22)16-29(28)46-33-30(42)25(32(26)43)17-27(37)31(33)41-14-11-24(19-41)40-35(45)47-36(3,4)5/h18,20-25,27-31,33H,6-17,19H2,1-5H3,(H,39,44)(H,40,45)/t22?,23?,24-,25?,27?,28?,29?,30?,31?,33?/m1/s1. The summed E-state index contributed by atoms with van der Waals surface area (Å²) in [6.45, 7) is 11.8. The van der Waals surface area contributed by atoms with Crippen LogP contribution in [0.15, 0.2) is 16.8 Å². The molecule has 10 atom stereocenters. The summed E-state index contributed by atoms with van der Waals surface area (Å²) in [4.78, 5) is 48.8. The molecule has 11 heteroatoms. The maximum Gasteiger partial charge on any atom is 0.407 e. The molecule has 3 aliphatic heterocycles. The Hall–Kier alpha value is -2.53. The van der Waals surface area contributed by atoms with E-state index in [-0.39, 0.29) is 47.9 Å². The van der Waals surface area contributed by atoms with Crippen LogP contribution in [0.1, 0.15) is 92.4 Å². The van der Waals surface area contributed by atoms with Crippen molar-refractivity contribution in [3.05, 3.63) is 11.8 Å². The highest BCUT2D eigenvalue weighted by Gasteiger charge is 2.61. The van der Waals surface area contributed by atoms with Gasteiger partial charge in [0.2, 0.25) is 0 Å². The summed E-state index contributed by atoms with van der Waals surface area (Å²) < 4.78 is 29.0. The van der Waals surface area contributed by atoms with Gasteiger partial charge in [0.25, 0.3) is 5.91 Å². The minimum Gasteiger partial charge on any atom is -0.444 e. The van der Waals surface area contributed by atoms with Crippen LogP contribution in [0.4, 0.5) is 9.18 Å². The lowest BCUT2D eigenvalue weighted by Gasteiger charge is -2.61. The largest absolute Gasteiger partial charge is 0.444 e. The van der Waals surface area contributed by atoms with Gasteiger partial charge in [-0.3, -0.25) is 19.5 Å². The number of rotatable bonds is 8. The van der Waals surface area contributed by atoms with E-state index < -0.39 is 35.9 Å². The first kappa shape index (κ1) is 34.3. The number of morpholine rings is 1. The Morgan fingerprint density at radius 1 is 1.13 bits per heavy atom. The monoisotopic (exact) mass is 657 g/mol. The fraction of sp³-hybridized carbons (Fsp3) is 0.833. The number of carbonyl (C=O) groups excluding carboxylic acids is 3. The second kappa shape index (κ2) is 14.1. The zero-order chi connectivity index (χ0) is 33.5. The number of ether oxygens (including phenoxy) is 2. The average Bonchev–Trinajstić information content (AvgIpc) is 3.45. The summed E-state index contributed by atoms with van der Waals surface area (Å²) in [5.41, 5.74) is -0.452. The lowest BCUT2D eigenvalue weighted by atomic mass is 9.64. The van der Waals surface area contributed by atoms with Crippen LogP contribution < -0.4 is 10.6 Å². The molecule has 0 bridgehead atoms. The molecule has 9 unspecified atom stereocenters. The first-order valence-electron chi connectivity index (χ1n) is 18.2. The fourth-order valence-corrected chi connectivity index (χ4v) is 9.27. The first-order valence-corrected chi connectivity index (χ1v) is 18.2. The molecule has 3 aliphatic carbocycles. The highest BCUT2D eigenvalue weighted by molar-refractivity contribution is 6.20. The number of nitrogens with one attached hydrogen (secondary N) is 2. The van der Waals surface area contributed by atoms with Gasteiger partial charge in [-0.25, -0.2) is 9.18 Å². The summed E-state index contributed by atoms with van der Waals surface area (Å²) in [5.74, 6) is 0.307. The van der Waals surface area contributed by atoms with Crippen LogP contribution in [0.5, 0.6) is 0 Å². The summed E-state index contributed by atoms with van der Waals surface area (Å²) in [6.07, 6.45) is 9.64. The van der Waals surface area contributed by atoms with Gasteiger partial charge in [0.1, 0.15) is 11.8 Å². The van der Waals surface area contributed by atoms with Gasteiger partial charge in [0, 0.05) is 50.6 Å². The SMILES string of the molecule is CC(C)C=NCCCNC(=O)C1=CN2C3CC4CCCCC4CC3OC3C(N4CC[C@@H](NC(=O)OC(C)(C)C)C4)C(F)CC(C1=O)C32. The van der Waals surface area contributed by atoms with E-state index in [2.05, 4.69) is 39.3 Å². The van der Waals surface area contributed by atoms with Crippen LogP contribution in [-0.2, 0) is 19.1 Å². The molecule has 0 aromatic rings. The van der Waals surface area contributed by atoms with E-state index in [1.807, 2.05) is 33.2 Å². The molecule has 0 radical (unpaired) electrons. The highest BCUT2D eigenvalue weighted by Crippen LogP contribution is 2.51.